The fraction of sp³-hybridized carbons (Fsp3) is 0.367. The van der Waals surface area contributed by atoms with Crippen molar-refractivity contribution in [3.63, 3.8) is 0 Å². The summed E-state index contributed by atoms with van der Waals surface area (Å²) in [6.45, 7) is 5.34. The van der Waals surface area contributed by atoms with Crippen molar-refractivity contribution >= 4 is 12.0 Å². The van der Waals surface area contributed by atoms with Gasteiger partial charge in [-0.05, 0) is 60.3 Å². The van der Waals surface area contributed by atoms with Crippen LogP contribution in [0.2, 0.25) is 0 Å². The van der Waals surface area contributed by atoms with Crippen molar-refractivity contribution < 1.29 is 23.8 Å². The van der Waals surface area contributed by atoms with E-state index in [-0.39, 0.29) is 12.0 Å². The zero-order valence-corrected chi connectivity index (χ0v) is 22.6. The Kier molecular flexibility index (Phi) is 8.27. The molecular formula is C30H34N4O5. The van der Waals surface area contributed by atoms with E-state index in [0.717, 1.165) is 38.2 Å². The number of carbonyl (C=O) groups is 1. The monoisotopic (exact) mass is 530 g/mol. The fourth-order valence-electron chi connectivity index (χ4n) is 5.22. The van der Waals surface area contributed by atoms with Crippen LogP contribution < -0.4 is 4.74 Å². The van der Waals surface area contributed by atoms with Gasteiger partial charge in [0, 0.05) is 37.4 Å². The molecule has 1 unspecified atom stereocenters. The first kappa shape index (κ1) is 26.5. The Hall–Kier alpha value is -4.11. The molecule has 0 bridgehead atoms. The maximum Gasteiger partial charge on any atom is 0.337 e. The highest BCUT2D eigenvalue weighted by atomic mass is 16.6. The lowest BCUT2D eigenvalue weighted by atomic mass is 9.98. The minimum absolute atomic E-state index is 0.132. The number of oxime groups is 1. The third kappa shape index (κ3) is 6.15. The summed E-state index contributed by atoms with van der Waals surface area (Å²) in [5.41, 5.74) is 3.82. The SMILES string of the molecule is CO/N=C1/OCC(c2ccccc2)N1C1CCN(Cc2ccc(Oc3ccc(C(=O)OC)cc3)nc2C)CC1. The first-order valence-electron chi connectivity index (χ1n) is 13.2. The van der Waals surface area contributed by atoms with Gasteiger partial charge in [-0.2, -0.15) is 0 Å². The van der Waals surface area contributed by atoms with Crippen LogP contribution in [0.5, 0.6) is 11.6 Å². The topological polar surface area (TPSA) is 85.7 Å². The van der Waals surface area contributed by atoms with Crippen LogP contribution in [0, 0.1) is 6.92 Å². The van der Waals surface area contributed by atoms with Gasteiger partial charge in [-0.3, -0.25) is 4.90 Å². The summed E-state index contributed by atoms with van der Waals surface area (Å²) in [6.07, 6.45) is 2.01. The normalized spacial score (nSPS) is 19.1. The highest BCUT2D eigenvalue weighted by molar-refractivity contribution is 5.89. The molecular weight excluding hydrogens is 496 g/mol. The third-order valence-corrected chi connectivity index (χ3v) is 7.29. The van der Waals surface area contributed by atoms with E-state index in [1.807, 2.05) is 19.1 Å². The molecule has 2 aliphatic rings. The van der Waals surface area contributed by atoms with E-state index in [1.165, 1.54) is 18.2 Å². The summed E-state index contributed by atoms with van der Waals surface area (Å²) >= 11 is 0. The van der Waals surface area contributed by atoms with Crippen molar-refractivity contribution in [1.29, 1.82) is 0 Å². The second kappa shape index (κ2) is 12.2. The van der Waals surface area contributed by atoms with E-state index in [9.17, 15) is 4.79 Å². The molecule has 5 rings (SSSR count). The standard InChI is InChI=1S/C30H34N4O5/c1-21-24(11-14-28(31-21)39-26-12-9-23(10-13-26)29(35)36-2)19-33-17-15-25(16-18-33)34-27(20-38-30(34)32-37-3)22-7-5-4-6-8-22/h4-14,25,27H,15-20H2,1-3H3/b32-30+. The minimum atomic E-state index is -0.378. The number of nitrogens with zero attached hydrogens (tertiary/aromatic N) is 4. The van der Waals surface area contributed by atoms with Gasteiger partial charge in [-0.1, -0.05) is 36.4 Å². The molecule has 2 saturated heterocycles. The van der Waals surface area contributed by atoms with Gasteiger partial charge >= 0.3 is 12.0 Å². The largest absolute Gasteiger partial charge is 0.465 e. The number of rotatable bonds is 8. The van der Waals surface area contributed by atoms with Gasteiger partial charge < -0.3 is 23.9 Å². The number of amidine groups is 1. The molecule has 0 radical (unpaired) electrons. The van der Waals surface area contributed by atoms with E-state index < -0.39 is 0 Å². The van der Waals surface area contributed by atoms with Gasteiger partial charge in [0.1, 0.15) is 19.5 Å². The lowest BCUT2D eigenvalue weighted by Crippen LogP contribution is -2.46. The number of pyridine rings is 1. The van der Waals surface area contributed by atoms with Gasteiger partial charge in [0.05, 0.1) is 18.7 Å². The number of methoxy groups -OCH3 is 1. The molecule has 0 spiro atoms. The van der Waals surface area contributed by atoms with Gasteiger partial charge in [0.15, 0.2) is 0 Å². The fourth-order valence-corrected chi connectivity index (χ4v) is 5.22. The molecule has 2 aliphatic heterocycles. The van der Waals surface area contributed by atoms with Crippen molar-refractivity contribution in [3.05, 3.63) is 89.1 Å². The summed E-state index contributed by atoms with van der Waals surface area (Å²) < 4.78 is 16.6. The van der Waals surface area contributed by atoms with Crippen molar-refractivity contribution in [1.82, 2.24) is 14.8 Å². The average Bonchev–Trinajstić information content (AvgIpc) is 3.39. The van der Waals surface area contributed by atoms with Crippen LogP contribution in [0.25, 0.3) is 0 Å². The predicted molar refractivity (Wildman–Crippen MR) is 147 cm³/mol. The maximum absolute atomic E-state index is 11.6. The highest BCUT2D eigenvalue weighted by Gasteiger charge is 2.39. The van der Waals surface area contributed by atoms with Gasteiger partial charge in [-0.15, -0.1) is 0 Å². The molecule has 204 valence electrons. The number of hydrogen-bond donors (Lipinski definition) is 0. The number of benzene rings is 2. The van der Waals surface area contributed by atoms with Crippen molar-refractivity contribution in [2.75, 3.05) is 33.9 Å². The number of ether oxygens (including phenoxy) is 3. The third-order valence-electron chi connectivity index (χ3n) is 7.29. The predicted octanol–water partition coefficient (Wildman–Crippen LogP) is 4.92. The molecule has 9 heteroatoms. The summed E-state index contributed by atoms with van der Waals surface area (Å²) in [5.74, 6) is 0.754. The molecule has 0 N–H and O–H groups in total. The van der Waals surface area contributed by atoms with Crippen LogP contribution in [0.1, 0.15) is 46.1 Å². The molecule has 3 aromatic rings. The van der Waals surface area contributed by atoms with Crippen molar-refractivity contribution in [2.45, 2.75) is 38.4 Å². The summed E-state index contributed by atoms with van der Waals surface area (Å²) in [4.78, 5) is 26.1. The van der Waals surface area contributed by atoms with Gasteiger partial charge in [-0.25, -0.2) is 9.78 Å². The number of aryl methyl sites for hydroxylation is 1. The Labute approximate surface area is 228 Å². The van der Waals surface area contributed by atoms with E-state index in [2.05, 4.69) is 50.3 Å². The van der Waals surface area contributed by atoms with Crippen LogP contribution >= 0.6 is 0 Å². The second-order valence-electron chi connectivity index (χ2n) is 9.72. The Bertz CT molecular complexity index is 1290. The Morgan fingerprint density at radius 3 is 2.44 bits per heavy atom. The van der Waals surface area contributed by atoms with E-state index >= 15 is 0 Å². The molecule has 1 atom stereocenters. The van der Waals surface area contributed by atoms with E-state index in [0.29, 0.717) is 35.9 Å². The number of esters is 1. The first-order chi connectivity index (χ1) is 19.1. The van der Waals surface area contributed by atoms with Crippen molar-refractivity contribution in [2.24, 2.45) is 5.16 Å². The second-order valence-corrected chi connectivity index (χ2v) is 9.72. The van der Waals surface area contributed by atoms with Crippen LogP contribution in [0.4, 0.5) is 0 Å². The van der Waals surface area contributed by atoms with Gasteiger partial charge in [0.25, 0.3) is 0 Å². The lowest BCUT2D eigenvalue weighted by Gasteiger charge is -2.38. The molecule has 9 nitrogen and oxygen atoms in total. The first-order valence-corrected chi connectivity index (χ1v) is 13.2. The number of aromatic nitrogens is 1. The number of piperidine rings is 1. The van der Waals surface area contributed by atoms with Crippen LogP contribution in [-0.4, -0.2) is 66.7 Å². The summed E-state index contributed by atoms with van der Waals surface area (Å²) in [7, 11) is 2.92. The van der Waals surface area contributed by atoms with Crippen molar-refractivity contribution in [3.8, 4) is 11.6 Å². The highest BCUT2D eigenvalue weighted by Crippen LogP contribution is 2.33. The number of hydrogen-bond acceptors (Lipinski definition) is 8. The summed E-state index contributed by atoms with van der Waals surface area (Å²) in [6, 6.07) is 22.3. The maximum atomic E-state index is 11.6. The Morgan fingerprint density at radius 1 is 1.03 bits per heavy atom. The average molecular weight is 531 g/mol. The van der Waals surface area contributed by atoms with Crippen LogP contribution in [-0.2, 0) is 20.9 Å². The zero-order chi connectivity index (χ0) is 27.2. The molecule has 0 amide bonds. The molecule has 1 aromatic heterocycles. The zero-order valence-electron chi connectivity index (χ0n) is 22.6. The number of carbonyl (C=O) groups excluding carboxylic acids is 1. The van der Waals surface area contributed by atoms with E-state index in [4.69, 9.17) is 19.0 Å². The molecule has 2 fully saturated rings. The lowest BCUT2D eigenvalue weighted by molar-refractivity contribution is 0.0600. The summed E-state index contributed by atoms with van der Waals surface area (Å²) in [5, 5.41) is 4.17. The molecule has 0 saturated carbocycles. The molecule has 39 heavy (non-hydrogen) atoms. The van der Waals surface area contributed by atoms with Gasteiger partial charge in [0.2, 0.25) is 5.88 Å². The molecule has 0 aliphatic carbocycles. The Balaban J connectivity index is 1.19. The van der Waals surface area contributed by atoms with Crippen LogP contribution in [0.3, 0.4) is 0 Å². The van der Waals surface area contributed by atoms with Crippen LogP contribution in [0.15, 0.2) is 71.9 Å². The number of likely N-dealkylation sites (tertiary alicyclic amines) is 1. The quantitative estimate of drug-likeness (QED) is 0.300. The Morgan fingerprint density at radius 2 is 1.77 bits per heavy atom. The van der Waals surface area contributed by atoms with E-state index in [1.54, 1.807) is 31.4 Å². The minimum Gasteiger partial charge on any atom is -0.465 e. The molecule has 3 heterocycles. The smallest absolute Gasteiger partial charge is 0.337 e. The molecule has 2 aromatic carbocycles.